The number of carbonyl (C=O) groups excluding carboxylic acids is 2. The topological polar surface area (TPSA) is 37.4 Å². The first-order valence-electron chi connectivity index (χ1n) is 4.85. The molecule has 13 heavy (non-hydrogen) atoms. The highest BCUT2D eigenvalue weighted by molar-refractivity contribution is 5.87. The number of carbonyl (C=O) groups is 2. The van der Waals surface area contributed by atoms with E-state index in [4.69, 9.17) is 0 Å². The molecule has 0 radical (unpaired) electrons. The Labute approximate surface area is 79.1 Å². The maximum Gasteiger partial charge on any atom is 0.220 e. The first-order chi connectivity index (χ1) is 6.07. The molecule has 1 amide bonds. The summed E-state index contributed by atoms with van der Waals surface area (Å²) in [6.45, 7) is 5.94. The van der Waals surface area contributed by atoms with Crippen molar-refractivity contribution < 1.29 is 9.59 Å². The Morgan fingerprint density at radius 2 is 2.00 bits per heavy atom. The van der Waals surface area contributed by atoms with Crippen LogP contribution < -0.4 is 0 Å². The van der Waals surface area contributed by atoms with Crippen molar-refractivity contribution in [2.45, 2.75) is 39.7 Å². The van der Waals surface area contributed by atoms with Crippen LogP contribution in [-0.4, -0.2) is 29.2 Å². The van der Waals surface area contributed by atoms with Gasteiger partial charge in [0.2, 0.25) is 5.91 Å². The van der Waals surface area contributed by atoms with Gasteiger partial charge in [0.25, 0.3) is 0 Å². The van der Waals surface area contributed by atoms with E-state index in [1.165, 1.54) is 6.92 Å². The lowest BCUT2D eigenvalue weighted by atomic mass is 9.95. The molecule has 1 unspecified atom stereocenters. The van der Waals surface area contributed by atoms with Crippen LogP contribution in [-0.2, 0) is 9.59 Å². The summed E-state index contributed by atoms with van der Waals surface area (Å²) < 4.78 is 0. The van der Waals surface area contributed by atoms with Gasteiger partial charge >= 0.3 is 0 Å². The van der Waals surface area contributed by atoms with Crippen LogP contribution in [0.1, 0.15) is 33.6 Å². The Balaban J connectivity index is 2.78. The average molecular weight is 183 g/mol. The van der Waals surface area contributed by atoms with E-state index in [9.17, 15) is 9.59 Å². The number of ketones is 1. The molecule has 0 N–H and O–H groups in total. The Hall–Kier alpha value is -0.860. The summed E-state index contributed by atoms with van der Waals surface area (Å²) in [7, 11) is 0. The van der Waals surface area contributed by atoms with Crippen molar-refractivity contribution in [3.05, 3.63) is 0 Å². The SMILES string of the molecule is CC[C@@H]1CCN(C(C)=O)C1C(C)=O. The van der Waals surface area contributed by atoms with Gasteiger partial charge in [0.05, 0.1) is 6.04 Å². The third-order valence-corrected chi connectivity index (χ3v) is 2.87. The van der Waals surface area contributed by atoms with E-state index in [0.717, 1.165) is 19.4 Å². The van der Waals surface area contributed by atoms with Crippen molar-refractivity contribution in [2.24, 2.45) is 5.92 Å². The molecule has 3 heteroatoms. The van der Waals surface area contributed by atoms with Gasteiger partial charge in [-0.05, 0) is 19.3 Å². The monoisotopic (exact) mass is 183 g/mol. The molecule has 1 saturated heterocycles. The van der Waals surface area contributed by atoms with Crippen molar-refractivity contribution in [1.29, 1.82) is 0 Å². The van der Waals surface area contributed by atoms with Gasteiger partial charge in [-0.1, -0.05) is 13.3 Å². The highest BCUT2D eigenvalue weighted by atomic mass is 16.2. The van der Waals surface area contributed by atoms with E-state index in [1.54, 1.807) is 11.8 Å². The van der Waals surface area contributed by atoms with E-state index in [1.807, 2.05) is 0 Å². The fraction of sp³-hybridized carbons (Fsp3) is 0.800. The zero-order valence-corrected chi connectivity index (χ0v) is 8.54. The summed E-state index contributed by atoms with van der Waals surface area (Å²) in [4.78, 5) is 24.2. The lowest BCUT2D eigenvalue weighted by Crippen LogP contribution is -2.41. The molecule has 1 aliphatic heterocycles. The lowest BCUT2D eigenvalue weighted by molar-refractivity contribution is -0.136. The van der Waals surface area contributed by atoms with Crippen LogP contribution in [0.4, 0.5) is 0 Å². The van der Waals surface area contributed by atoms with Crippen LogP contribution in [0.15, 0.2) is 0 Å². The predicted octanol–water partition coefficient (Wildman–Crippen LogP) is 1.22. The quantitative estimate of drug-likeness (QED) is 0.645. The van der Waals surface area contributed by atoms with Crippen molar-refractivity contribution in [1.82, 2.24) is 4.90 Å². The predicted molar refractivity (Wildman–Crippen MR) is 50.3 cm³/mol. The molecule has 0 bridgehead atoms. The number of hydrogen-bond acceptors (Lipinski definition) is 2. The van der Waals surface area contributed by atoms with Crippen molar-refractivity contribution >= 4 is 11.7 Å². The van der Waals surface area contributed by atoms with Gasteiger partial charge in [-0.2, -0.15) is 0 Å². The molecule has 1 fully saturated rings. The molecule has 0 aliphatic carbocycles. The molecule has 0 aromatic rings. The molecule has 1 aliphatic rings. The standard InChI is InChI=1S/C10H17NO2/c1-4-9-5-6-11(8(3)13)10(9)7(2)12/h9-10H,4-6H2,1-3H3/t9-,10?/m1/s1. The van der Waals surface area contributed by atoms with Crippen LogP contribution in [0.3, 0.4) is 0 Å². The van der Waals surface area contributed by atoms with Crippen LogP contribution in [0.25, 0.3) is 0 Å². The summed E-state index contributed by atoms with van der Waals surface area (Å²) in [6.07, 6.45) is 1.95. The normalized spacial score (nSPS) is 27.8. The first kappa shape index (κ1) is 10.2. The minimum atomic E-state index is -0.150. The summed E-state index contributed by atoms with van der Waals surface area (Å²) in [5.41, 5.74) is 0. The largest absolute Gasteiger partial charge is 0.333 e. The second kappa shape index (κ2) is 3.90. The lowest BCUT2D eigenvalue weighted by Gasteiger charge is -2.24. The van der Waals surface area contributed by atoms with Crippen molar-refractivity contribution in [3.8, 4) is 0 Å². The first-order valence-corrected chi connectivity index (χ1v) is 4.85. The second-order valence-electron chi connectivity index (χ2n) is 3.72. The molecule has 0 spiro atoms. The third-order valence-electron chi connectivity index (χ3n) is 2.87. The summed E-state index contributed by atoms with van der Waals surface area (Å²) in [5, 5.41) is 0. The van der Waals surface area contributed by atoms with Gasteiger partial charge in [0, 0.05) is 13.5 Å². The number of hydrogen-bond donors (Lipinski definition) is 0. The van der Waals surface area contributed by atoms with Crippen LogP contribution in [0.5, 0.6) is 0 Å². The Morgan fingerprint density at radius 1 is 1.38 bits per heavy atom. The van der Waals surface area contributed by atoms with Gasteiger partial charge in [-0.25, -0.2) is 0 Å². The van der Waals surface area contributed by atoms with E-state index in [-0.39, 0.29) is 17.7 Å². The smallest absolute Gasteiger partial charge is 0.220 e. The van der Waals surface area contributed by atoms with Crippen LogP contribution >= 0.6 is 0 Å². The molecule has 3 nitrogen and oxygen atoms in total. The molecule has 1 heterocycles. The highest BCUT2D eigenvalue weighted by Gasteiger charge is 2.37. The van der Waals surface area contributed by atoms with Gasteiger partial charge in [0.1, 0.15) is 0 Å². The van der Waals surface area contributed by atoms with Crippen LogP contribution in [0.2, 0.25) is 0 Å². The van der Waals surface area contributed by atoms with E-state index in [0.29, 0.717) is 5.92 Å². The molecular weight excluding hydrogens is 166 g/mol. The summed E-state index contributed by atoms with van der Waals surface area (Å²) >= 11 is 0. The zero-order valence-electron chi connectivity index (χ0n) is 8.54. The van der Waals surface area contributed by atoms with Gasteiger partial charge in [-0.3, -0.25) is 9.59 Å². The number of amides is 1. The van der Waals surface area contributed by atoms with E-state index in [2.05, 4.69) is 6.92 Å². The molecule has 0 saturated carbocycles. The van der Waals surface area contributed by atoms with E-state index < -0.39 is 0 Å². The number of likely N-dealkylation sites (tertiary alicyclic amines) is 1. The van der Waals surface area contributed by atoms with Gasteiger partial charge in [-0.15, -0.1) is 0 Å². The number of nitrogens with zero attached hydrogens (tertiary/aromatic N) is 1. The molecule has 0 aromatic carbocycles. The Kier molecular flexibility index (Phi) is 3.07. The number of rotatable bonds is 2. The minimum absolute atomic E-state index is 0.0242. The molecule has 74 valence electrons. The summed E-state index contributed by atoms with van der Waals surface area (Å²) in [5.74, 6) is 0.525. The fourth-order valence-corrected chi connectivity index (χ4v) is 2.19. The Morgan fingerprint density at radius 3 is 2.38 bits per heavy atom. The molecular formula is C10H17NO2. The second-order valence-corrected chi connectivity index (χ2v) is 3.72. The van der Waals surface area contributed by atoms with Crippen molar-refractivity contribution in [2.75, 3.05) is 6.54 Å². The molecule has 1 rings (SSSR count). The number of Topliss-reactive ketones (excluding diaryl/α,β-unsaturated/α-hetero) is 1. The van der Waals surface area contributed by atoms with Gasteiger partial charge < -0.3 is 4.90 Å². The average Bonchev–Trinajstić information content (AvgIpc) is 2.46. The van der Waals surface area contributed by atoms with Gasteiger partial charge in [0.15, 0.2) is 5.78 Å². The Bertz CT molecular complexity index is 225. The zero-order chi connectivity index (χ0) is 10.0. The maximum absolute atomic E-state index is 11.3. The maximum atomic E-state index is 11.3. The highest BCUT2D eigenvalue weighted by Crippen LogP contribution is 2.27. The van der Waals surface area contributed by atoms with E-state index >= 15 is 0 Å². The molecule has 0 aromatic heterocycles. The fourth-order valence-electron chi connectivity index (χ4n) is 2.19. The third kappa shape index (κ3) is 1.90. The minimum Gasteiger partial charge on any atom is -0.333 e. The summed E-state index contributed by atoms with van der Waals surface area (Å²) in [6, 6.07) is -0.150. The van der Waals surface area contributed by atoms with Crippen molar-refractivity contribution in [3.63, 3.8) is 0 Å². The molecule has 2 atom stereocenters. The van der Waals surface area contributed by atoms with Crippen LogP contribution in [0, 0.1) is 5.92 Å².